The number of anilines is 1. The summed E-state index contributed by atoms with van der Waals surface area (Å²) in [6, 6.07) is 11.0. The maximum Gasteiger partial charge on any atom is 0.219 e. The molecular formula is C17H21N3O3S. The van der Waals surface area contributed by atoms with Crippen LogP contribution in [0, 0.1) is 0 Å². The summed E-state index contributed by atoms with van der Waals surface area (Å²) in [6.45, 7) is 1.45. The average molecular weight is 347 g/mol. The molecule has 0 aliphatic heterocycles. The molecule has 1 aromatic carbocycles. The zero-order valence-corrected chi connectivity index (χ0v) is 14.6. The van der Waals surface area contributed by atoms with Crippen LogP contribution in [-0.2, 0) is 4.74 Å². The van der Waals surface area contributed by atoms with Gasteiger partial charge in [0.05, 0.1) is 19.0 Å². The second kappa shape index (κ2) is 9.69. The van der Waals surface area contributed by atoms with Gasteiger partial charge in [0.25, 0.3) is 0 Å². The molecule has 24 heavy (non-hydrogen) atoms. The van der Waals surface area contributed by atoms with E-state index in [0.29, 0.717) is 29.1 Å². The van der Waals surface area contributed by atoms with Gasteiger partial charge in [-0.25, -0.2) is 4.98 Å². The number of ether oxygens (including phenoxy) is 3. The van der Waals surface area contributed by atoms with Crippen LogP contribution in [0.25, 0.3) is 0 Å². The van der Waals surface area contributed by atoms with Crippen LogP contribution >= 0.6 is 12.2 Å². The molecule has 6 nitrogen and oxygen atoms in total. The number of aromatic nitrogens is 1. The molecule has 0 amide bonds. The van der Waals surface area contributed by atoms with Crippen molar-refractivity contribution in [1.29, 1.82) is 0 Å². The van der Waals surface area contributed by atoms with Crippen LogP contribution in [0.15, 0.2) is 42.6 Å². The third kappa shape index (κ3) is 5.68. The van der Waals surface area contributed by atoms with Crippen molar-refractivity contribution < 1.29 is 14.2 Å². The minimum absolute atomic E-state index is 0.476. The Hall–Kier alpha value is -2.38. The maximum absolute atomic E-state index is 5.73. The number of hydrogen-bond donors (Lipinski definition) is 2. The molecule has 0 atom stereocenters. The number of thiocarbonyl (C=S) groups is 1. The fraction of sp³-hybridized carbons (Fsp3) is 0.294. The zero-order valence-electron chi connectivity index (χ0n) is 13.7. The standard InChI is InChI=1S/C17H21N3O3S/c1-21-11-5-10-18-17(24)20-13-8-9-16(19-12-13)23-15-7-4-3-6-14(15)22-2/h3-4,6-9,12H,5,10-11H2,1-2H3,(H2,18,20,24). The molecule has 128 valence electrons. The van der Waals surface area contributed by atoms with Gasteiger partial charge in [0.15, 0.2) is 16.6 Å². The fourth-order valence-electron chi connectivity index (χ4n) is 1.92. The Bertz CT molecular complexity index is 650. The highest BCUT2D eigenvalue weighted by Crippen LogP contribution is 2.30. The summed E-state index contributed by atoms with van der Waals surface area (Å²) in [4.78, 5) is 4.26. The van der Waals surface area contributed by atoms with E-state index in [1.807, 2.05) is 30.3 Å². The van der Waals surface area contributed by atoms with Crippen molar-refractivity contribution in [2.24, 2.45) is 0 Å². The molecule has 2 rings (SSSR count). The Kier molecular flexibility index (Phi) is 7.25. The van der Waals surface area contributed by atoms with E-state index >= 15 is 0 Å². The molecule has 0 spiro atoms. The van der Waals surface area contributed by atoms with Crippen LogP contribution in [0.5, 0.6) is 17.4 Å². The van der Waals surface area contributed by atoms with Gasteiger partial charge in [-0.15, -0.1) is 0 Å². The molecule has 0 saturated carbocycles. The van der Waals surface area contributed by atoms with Crippen molar-refractivity contribution in [2.75, 3.05) is 32.7 Å². The topological polar surface area (TPSA) is 64.6 Å². The summed E-state index contributed by atoms with van der Waals surface area (Å²) in [6.07, 6.45) is 2.55. The lowest BCUT2D eigenvalue weighted by Gasteiger charge is -2.11. The largest absolute Gasteiger partial charge is 0.493 e. The molecule has 0 unspecified atom stereocenters. The first-order valence-electron chi connectivity index (χ1n) is 7.53. The highest BCUT2D eigenvalue weighted by molar-refractivity contribution is 7.80. The summed E-state index contributed by atoms with van der Waals surface area (Å²) in [7, 11) is 3.28. The van der Waals surface area contributed by atoms with Crippen molar-refractivity contribution >= 4 is 23.0 Å². The smallest absolute Gasteiger partial charge is 0.219 e. The van der Waals surface area contributed by atoms with Gasteiger partial charge in [-0.3, -0.25) is 0 Å². The van der Waals surface area contributed by atoms with Crippen LogP contribution < -0.4 is 20.1 Å². The van der Waals surface area contributed by atoms with E-state index in [9.17, 15) is 0 Å². The first-order valence-corrected chi connectivity index (χ1v) is 7.94. The number of nitrogens with zero attached hydrogens (tertiary/aromatic N) is 1. The van der Waals surface area contributed by atoms with E-state index in [1.54, 1.807) is 26.5 Å². The van der Waals surface area contributed by atoms with Gasteiger partial charge in [-0.05, 0) is 36.8 Å². The average Bonchev–Trinajstić information content (AvgIpc) is 2.61. The lowest BCUT2D eigenvalue weighted by atomic mass is 10.3. The highest BCUT2D eigenvalue weighted by atomic mass is 32.1. The Morgan fingerprint density at radius 1 is 1.12 bits per heavy atom. The summed E-state index contributed by atoms with van der Waals surface area (Å²) in [5, 5.41) is 6.72. The highest BCUT2D eigenvalue weighted by Gasteiger charge is 2.05. The summed E-state index contributed by atoms with van der Waals surface area (Å²) in [5.41, 5.74) is 0.784. The lowest BCUT2D eigenvalue weighted by molar-refractivity contribution is 0.196. The Labute approximate surface area is 147 Å². The van der Waals surface area contributed by atoms with Crippen LogP contribution in [-0.4, -0.2) is 37.5 Å². The molecule has 0 saturated heterocycles. The molecule has 0 aliphatic carbocycles. The molecule has 2 N–H and O–H groups in total. The number of benzene rings is 1. The number of methoxy groups -OCH3 is 2. The molecule has 0 bridgehead atoms. The van der Waals surface area contributed by atoms with Crippen LogP contribution in [0.4, 0.5) is 5.69 Å². The second-order valence-electron chi connectivity index (χ2n) is 4.87. The van der Waals surface area contributed by atoms with Crippen molar-refractivity contribution in [3.8, 4) is 17.4 Å². The number of pyridine rings is 1. The van der Waals surface area contributed by atoms with E-state index < -0.39 is 0 Å². The second-order valence-corrected chi connectivity index (χ2v) is 5.27. The first-order chi connectivity index (χ1) is 11.7. The van der Waals surface area contributed by atoms with Gasteiger partial charge in [-0.1, -0.05) is 12.1 Å². The fourth-order valence-corrected chi connectivity index (χ4v) is 2.14. The van der Waals surface area contributed by atoms with E-state index in [1.165, 1.54) is 0 Å². The Morgan fingerprint density at radius 3 is 2.58 bits per heavy atom. The summed E-state index contributed by atoms with van der Waals surface area (Å²) >= 11 is 5.22. The van der Waals surface area contributed by atoms with E-state index in [4.69, 9.17) is 26.4 Å². The SMILES string of the molecule is COCCCNC(=S)Nc1ccc(Oc2ccccc2OC)nc1. The molecule has 1 aromatic heterocycles. The van der Waals surface area contributed by atoms with Gasteiger partial charge in [-0.2, -0.15) is 0 Å². The van der Waals surface area contributed by atoms with Crippen LogP contribution in [0.3, 0.4) is 0 Å². The van der Waals surface area contributed by atoms with E-state index in [0.717, 1.165) is 18.7 Å². The minimum Gasteiger partial charge on any atom is -0.493 e. The first kappa shape index (κ1) is 18.0. The number of para-hydroxylation sites is 2. The molecule has 7 heteroatoms. The maximum atomic E-state index is 5.73. The predicted molar refractivity (Wildman–Crippen MR) is 98.0 cm³/mol. The van der Waals surface area contributed by atoms with Crippen LogP contribution in [0.2, 0.25) is 0 Å². The minimum atomic E-state index is 0.476. The van der Waals surface area contributed by atoms with E-state index in [2.05, 4.69) is 15.6 Å². The van der Waals surface area contributed by atoms with Crippen LogP contribution in [0.1, 0.15) is 6.42 Å². The quantitative estimate of drug-likeness (QED) is 0.561. The number of rotatable bonds is 8. The third-order valence-corrected chi connectivity index (χ3v) is 3.34. The zero-order chi connectivity index (χ0) is 17.2. The number of nitrogens with one attached hydrogen (secondary N) is 2. The van der Waals surface area contributed by atoms with Gasteiger partial charge in [0.1, 0.15) is 0 Å². The lowest BCUT2D eigenvalue weighted by Crippen LogP contribution is -2.29. The molecule has 1 heterocycles. The molecule has 0 fully saturated rings. The van der Waals surface area contributed by atoms with Gasteiger partial charge < -0.3 is 24.8 Å². The normalized spacial score (nSPS) is 10.1. The molecule has 0 aliphatic rings. The van der Waals surface area contributed by atoms with Gasteiger partial charge in [0.2, 0.25) is 5.88 Å². The van der Waals surface area contributed by atoms with Crippen molar-refractivity contribution in [1.82, 2.24) is 10.3 Å². The molecule has 0 radical (unpaired) electrons. The number of hydrogen-bond acceptors (Lipinski definition) is 5. The molecule has 2 aromatic rings. The van der Waals surface area contributed by atoms with Crippen molar-refractivity contribution in [3.63, 3.8) is 0 Å². The molecular weight excluding hydrogens is 326 g/mol. The third-order valence-electron chi connectivity index (χ3n) is 3.09. The van der Waals surface area contributed by atoms with Gasteiger partial charge >= 0.3 is 0 Å². The summed E-state index contributed by atoms with van der Waals surface area (Å²) < 4.78 is 16.0. The van der Waals surface area contributed by atoms with Gasteiger partial charge in [0, 0.05) is 26.3 Å². The monoisotopic (exact) mass is 347 g/mol. The van der Waals surface area contributed by atoms with E-state index in [-0.39, 0.29) is 0 Å². The Balaban J connectivity index is 1.87. The van der Waals surface area contributed by atoms with Crippen molar-refractivity contribution in [3.05, 3.63) is 42.6 Å². The Morgan fingerprint density at radius 2 is 1.92 bits per heavy atom. The summed E-state index contributed by atoms with van der Waals surface area (Å²) in [5.74, 6) is 1.75. The van der Waals surface area contributed by atoms with Crippen molar-refractivity contribution in [2.45, 2.75) is 6.42 Å². The predicted octanol–water partition coefficient (Wildman–Crippen LogP) is 3.21.